The zero-order chi connectivity index (χ0) is 10.9. The van der Waals surface area contributed by atoms with Crippen molar-refractivity contribution in [3.63, 3.8) is 0 Å². The number of imidazole rings is 1. The van der Waals surface area contributed by atoms with Gasteiger partial charge in [0.15, 0.2) is 0 Å². The van der Waals surface area contributed by atoms with Crippen molar-refractivity contribution in [3.05, 3.63) is 18.2 Å². The van der Waals surface area contributed by atoms with Crippen molar-refractivity contribution in [2.75, 3.05) is 0 Å². The van der Waals surface area contributed by atoms with Crippen molar-refractivity contribution in [1.82, 2.24) is 14.9 Å². The van der Waals surface area contributed by atoms with Gasteiger partial charge in [-0.1, -0.05) is 0 Å². The number of carbonyl (C=O) groups is 1. The largest absolute Gasteiger partial charge is 0.347 e. The number of aromatic nitrogens is 2. The summed E-state index contributed by atoms with van der Waals surface area (Å²) in [7, 11) is 1.90. The van der Waals surface area contributed by atoms with E-state index in [1.165, 1.54) is 0 Å². The standard InChI is InChI=1S/C10H16N4O/c1-14-6-5-12-8(14)7-13-9(15)10(11)3-2-4-10/h5-6H,2-4,7,11H2,1H3,(H,13,15). The molecule has 0 aromatic carbocycles. The van der Waals surface area contributed by atoms with E-state index in [2.05, 4.69) is 10.3 Å². The molecular weight excluding hydrogens is 192 g/mol. The van der Waals surface area contributed by atoms with Gasteiger partial charge < -0.3 is 15.6 Å². The molecule has 1 aliphatic carbocycles. The van der Waals surface area contributed by atoms with E-state index in [1.807, 2.05) is 17.8 Å². The van der Waals surface area contributed by atoms with Crippen LogP contribution in [0.1, 0.15) is 25.1 Å². The van der Waals surface area contributed by atoms with Crippen LogP contribution < -0.4 is 11.1 Å². The van der Waals surface area contributed by atoms with Gasteiger partial charge in [0, 0.05) is 19.4 Å². The summed E-state index contributed by atoms with van der Waals surface area (Å²) < 4.78 is 1.88. The van der Waals surface area contributed by atoms with Gasteiger partial charge in [0.1, 0.15) is 5.82 Å². The van der Waals surface area contributed by atoms with Crippen LogP contribution in [0.15, 0.2) is 12.4 Å². The number of amides is 1. The Morgan fingerprint density at radius 1 is 1.73 bits per heavy atom. The minimum Gasteiger partial charge on any atom is -0.347 e. The summed E-state index contributed by atoms with van der Waals surface area (Å²) in [4.78, 5) is 15.8. The van der Waals surface area contributed by atoms with Gasteiger partial charge in [0.25, 0.3) is 0 Å². The first-order valence-corrected chi connectivity index (χ1v) is 5.15. The topological polar surface area (TPSA) is 72.9 Å². The van der Waals surface area contributed by atoms with Crippen LogP contribution in [0.3, 0.4) is 0 Å². The summed E-state index contributed by atoms with van der Waals surface area (Å²) in [5.41, 5.74) is 5.26. The van der Waals surface area contributed by atoms with Crippen molar-refractivity contribution in [3.8, 4) is 0 Å². The number of carbonyl (C=O) groups excluding carboxylic acids is 1. The van der Waals surface area contributed by atoms with E-state index in [-0.39, 0.29) is 5.91 Å². The molecule has 3 N–H and O–H groups in total. The smallest absolute Gasteiger partial charge is 0.240 e. The summed E-state index contributed by atoms with van der Waals surface area (Å²) in [6.07, 6.45) is 6.19. The van der Waals surface area contributed by atoms with E-state index in [9.17, 15) is 4.79 Å². The fraction of sp³-hybridized carbons (Fsp3) is 0.600. The van der Waals surface area contributed by atoms with E-state index in [1.54, 1.807) is 6.20 Å². The lowest BCUT2D eigenvalue weighted by atomic mass is 9.77. The van der Waals surface area contributed by atoms with Crippen LogP contribution in [0.2, 0.25) is 0 Å². The molecule has 1 saturated carbocycles. The summed E-state index contributed by atoms with van der Waals surface area (Å²) in [5, 5.41) is 2.82. The highest BCUT2D eigenvalue weighted by molar-refractivity contribution is 5.86. The van der Waals surface area contributed by atoms with Gasteiger partial charge in [-0.05, 0) is 19.3 Å². The highest BCUT2D eigenvalue weighted by Crippen LogP contribution is 2.28. The first-order chi connectivity index (χ1) is 7.12. The fourth-order valence-corrected chi connectivity index (χ4v) is 1.69. The van der Waals surface area contributed by atoms with E-state index in [0.717, 1.165) is 25.1 Å². The third kappa shape index (κ3) is 1.87. The predicted octanol–water partition coefficient (Wildman–Crippen LogP) is -0.0823. The molecule has 0 saturated heterocycles. The van der Waals surface area contributed by atoms with Crippen molar-refractivity contribution in [2.24, 2.45) is 12.8 Å². The second-order valence-corrected chi connectivity index (χ2v) is 4.15. The average Bonchev–Trinajstić information content (AvgIpc) is 2.56. The Bertz CT molecular complexity index is 367. The van der Waals surface area contributed by atoms with Crippen molar-refractivity contribution in [1.29, 1.82) is 0 Å². The third-order valence-corrected chi connectivity index (χ3v) is 3.03. The van der Waals surface area contributed by atoms with Crippen LogP contribution in [0.5, 0.6) is 0 Å². The minimum absolute atomic E-state index is 0.0586. The fourth-order valence-electron chi connectivity index (χ4n) is 1.69. The number of nitrogens with two attached hydrogens (primary N) is 1. The molecule has 5 nitrogen and oxygen atoms in total. The molecule has 0 spiro atoms. The molecule has 1 aromatic rings. The molecule has 1 aliphatic rings. The summed E-state index contributed by atoms with van der Waals surface area (Å²) in [5.74, 6) is 0.781. The molecular formula is C10H16N4O. The van der Waals surface area contributed by atoms with Crippen LogP contribution in [0, 0.1) is 0 Å². The van der Waals surface area contributed by atoms with E-state index >= 15 is 0 Å². The van der Waals surface area contributed by atoms with Crippen LogP contribution >= 0.6 is 0 Å². The Morgan fingerprint density at radius 2 is 2.47 bits per heavy atom. The van der Waals surface area contributed by atoms with Crippen molar-refractivity contribution >= 4 is 5.91 Å². The van der Waals surface area contributed by atoms with Crippen molar-refractivity contribution in [2.45, 2.75) is 31.3 Å². The number of nitrogens with one attached hydrogen (secondary N) is 1. The van der Waals surface area contributed by atoms with Gasteiger partial charge >= 0.3 is 0 Å². The quantitative estimate of drug-likeness (QED) is 0.729. The summed E-state index contributed by atoms with van der Waals surface area (Å²) >= 11 is 0. The number of hydrogen-bond acceptors (Lipinski definition) is 3. The maximum absolute atomic E-state index is 11.7. The minimum atomic E-state index is -0.620. The maximum Gasteiger partial charge on any atom is 0.240 e. The molecule has 82 valence electrons. The molecule has 0 atom stereocenters. The average molecular weight is 208 g/mol. The van der Waals surface area contributed by atoms with Gasteiger partial charge in [-0.3, -0.25) is 4.79 Å². The molecule has 2 rings (SSSR count). The highest BCUT2D eigenvalue weighted by atomic mass is 16.2. The lowest BCUT2D eigenvalue weighted by molar-refractivity contribution is -0.129. The Labute approximate surface area is 88.7 Å². The second-order valence-electron chi connectivity index (χ2n) is 4.15. The SMILES string of the molecule is Cn1ccnc1CNC(=O)C1(N)CCC1. The lowest BCUT2D eigenvalue weighted by Crippen LogP contribution is -2.58. The van der Waals surface area contributed by atoms with E-state index in [4.69, 9.17) is 5.73 Å². The number of nitrogens with zero attached hydrogens (tertiary/aromatic N) is 2. The molecule has 1 aromatic heterocycles. The summed E-state index contributed by atoms with van der Waals surface area (Å²) in [6.45, 7) is 0.446. The second kappa shape index (κ2) is 3.66. The molecule has 1 amide bonds. The van der Waals surface area contributed by atoms with E-state index in [0.29, 0.717) is 6.54 Å². The van der Waals surface area contributed by atoms with Crippen LogP contribution in [-0.2, 0) is 18.4 Å². The first-order valence-electron chi connectivity index (χ1n) is 5.15. The molecule has 0 aliphatic heterocycles. The first kappa shape index (κ1) is 10.2. The van der Waals surface area contributed by atoms with Gasteiger partial charge in [-0.25, -0.2) is 4.98 Å². The maximum atomic E-state index is 11.7. The van der Waals surface area contributed by atoms with Gasteiger partial charge in [-0.15, -0.1) is 0 Å². The normalized spacial score (nSPS) is 18.3. The Kier molecular flexibility index (Phi) is 2.48. The monoisotopic (exact) mass is 208 g/mol. The number of hydrogen-bond donors (Lipinski definition) is 2. The molecule has 5 heteroatoms. The van der Waals surface area contributed by atoms with Gasteiger partial charge in [0.05, 0.1) is 12.1 Å². The zero-order valence-electron chi connectivity index (χ0n) is 8.86. The Hall–Kier alpha value is -1.36. The predicted molar refractivity (Wildman–Crippen MR) is 55.8 cm³/mol. The van der Waals surface area contributed by atoms with Crippen LogP contribution in [0.4, 0.5) is 0 Å². The molecule has 0 radical (unpaired) electrons. The molecule has 15 heavy (non-hydrogen) atoms. The molecule has 1 heterocycles. The van der Waals surface area contributed by atoms with E-state index < -0.39 is 5.54 Å². The van der Waals surface area contributed by atoms with Crippen LogP contribution in [-0.4, -0.2) is 21.0 Å². The molecule has 0 bridgehead atoms. The molecule has 1 fully saturated rings. The number of rotatable bonds is 3. The van der Waals surface area contributed by atoms with Crippen molar-refractivity contribution < 1.29 is 4.79 Å². The van der Waals surface area contributed by atoms with Crippen LogP contribution in [0.25, 0.3) is 0 Å². The van der Waals surface area contributed by atoms with Gasteiger partial charge in [0.2, 0.25) is 5.91 Å². The lowest BCUT2D eigenvalue weighted by Gasteiger charge is -2.36. The highest BCUT2D eigenvalue weighted by Gasteiger charge is 2.39. The molecule has 0 unspecified atom stereocenters. The number of aryl methyl sites for hydroxylation is 1. The van der Waals surface area contributed by atoms with Gasteiger partial charge in [-0.2, -0.15) is 0 Å². The Balaban J connectivity index is 1.88. The third-order valence-electron chi connectivity index (χ3n) is 3.03. The zero-order valence-corrected chi connectivity index (χ0v) is 8.86. The summed E-state index contributed by atoms with van der Waals surface area (Å²) in [6, 6.07) is 0. The Morgan fingerprint density at radius 3 is 2.93 bits per heavy atom.